The first-order chi connectivity index (χ1) is 7.63. The molecule has 86 valence electrons. The van der Waals surface area contributed by atoms with E-state index < -0.39 is 0 Å². The molecule has 0 spiro atoms. The second-order valence-corrected chi connectivity index (χ2v) is 4.23. The summed E-state index contributed by atoms with van der Waals surface area (Å²) in [6.45, 7) is 4.75. The molecule has 0 saturated carbocycles. The van der Waals surface area contributed by atoms with Crippen molar-refractivity contribution >= 4 is 23.0 Å². The van der Waals surface area contributed by atoms with Crippen LogP contribution in [0.2, 0.25) is 0 Å². The predicted molar refractivity (Wildman–Crippen MR) is 66.3 cm³/mol. The summed E-state index contributed by atoms with van der Waals surface area (Å²) >= 11 is 5.78. The predicted octanol–water partition coefficient (Wildman–Crippen LogP) is 2.91. The lowest BCUT2D eigenvalue weighted by Gasteiger charge is -2.33. The Balaban J connectivity index is 2.49. The number of rotatable bonds is 2. The maximum atomic E-state index is 13.2. The molecule has 2 N–H and O–H groups in total. The minimum absolute atomic E-state index is 0.283. The van der Waals surface area contributed by atoms with E-state index in [1.165, 1.54) is 6.07 Å². The lowest BCUT2D eigenvalue weighted by Crippen LogP contribution is -2.30. The van der Waals surface area contributed by atoms with Crippen LogP contribution in [0.3, 0.4) is 0 Å². The molecule has 0 aromatic heterocycles. The maximum absolute atomic E-state index is 13.2. The Morgan fingerprint density at radius 2 is 2.31 bits per heavy atom. The van der Waals surface area contributed by atoms with Gasteiger partial charge in [-0.2, -0.15) is 0 Å². The smallest absolute Gasteiger partial charge is 0.125 e. The van der Waals surface area contributed by atoms with Crippen molar-refractivity contribution < 1.29 is 4.39 Å². The van der Waals surface area contributed by atoms with Gasteiger partial charge in [0, 0.05) is 12.2 Å². The van der Waals surface area contributed by atoms with Crippen molar-refractivity contribution in [2.75, 3.05) is 23.1 Å². The van der Waals surface area contributed by atoms with E-state index in [9.17, 15) is 4.39 Å². The molecule has 0 fully saturated rings. The fourth-order valence-electron chi connectivity index (χ4n) is 2.13. The van der Waals surface area contributed by atoms with E-state index in [-0.39, 0.29) is 5.82 Å². The van der Waals surface area contributed by atoms with Gasteiger partial charge in [0.05, 0.1) is 17.3 Å². The van der Waals surface area contributed by atoms with Crippen LogP contribution in [0.1, 0.15) is 12.0 Å². The molecular weight excluding hydrogens is 227 g/mol. The van der Waals surface area contributed by atoms with Crippen LogP contribution in [0, 0.1) is 5.82 Å². The van der Waals surface area contributed by atoms with E-state index in [0.717, 1.165) is 36.3 Å². The first-order valence-electron chi connectivity index (χ1n) is 5.22. The quantitative estimate of drug-likeness (QED) is 0.636. The second kappa shape index (κ2) is 4.34. The summed E-state index contributed by atoms with van der Waals surface area (Å²) in [5.74, 6) is 0.0746. The monoisotopic (exact) mass is 240 g/mol. The van der Waals surface area contributed by atoms with Crippen LogP contribution in [-0.4, -0.2) is 12.4 Å². The van der Waals surface area contributed by atoms with Crippen LogP contribution in [-0.2, 0) is 6.42 Å². The van der Waals surface area contributed by atoms with E-state index in [1.54, 1.807) is 6.07 Å². The van der Waals surface area contributed by atoms with Crippen LogP contribution in [0.5, 0.6) is 0 Å². The summed E-state index contributed by atoms with van der Waals surface area (Å²) in [5.41, 5.74) is 8.94. The van der Waals surface area contributed by atoms with Gasteiger partial charge in [0.2, 0.25) is 0 Å². The van der Waals surface area contributed by atoms with Gasteiger partial charge >= 0.3 is 0 Å². The van der Waals surface area contributed by atoms with Crippen molar-refractivity contribution in [1.82, 2.24) is 0 Å². The summed E-state index contributed by atoms with van der Waals surface area (Å²) in [5, 5.41) is 0. The Morgan fingerprint density at radius 3 is 3.00 bits per heavy atom. The Bertz CT molecular complexity index is 431. The highest BCUT2D eigenvalue weighted by Gasteiger charge is 2.21. The summed E-state index contributed by atoms with van der Waals surface area (Å²) in [4.78, 5) is 1.99. The fourth-order valence-corrected chi connectivity index (χ4v) is 2.27. The van der Waals surface area contributed by atoms with Crippen LogP contribution in [0.15, 0.2) is 24.4 Å². The Kier molecular flexibility index (Phi) is 3.06. The first-order valence-corrected chi connectivity index (χ1v) is 5.76. The van der Waals surface area contributed by atoms with Crippen molar-refractivity contribution in [2.45, 2.75) is 12.8 Å². The summed E-state index contributed by atoms with van der Waals surface area (Å²) < 4.78 is 13.2. The third-order valence-corrected chi connectivity index (χ3v) is 3.13. The summed E-state index contributed by atoms with van der Waals surface area (Å²) in [6, 6.07) is 2.89. The van der Waals surface area contributed by atoms with Gasteiger partial charge in [0.1, 0.15) is 5.82 Å². The number of nitrogens with zero attached hydrogens (tertiary/aromatic N) is 1. The first kappa shape index (κ1) is 11.3. The van der Waals surface area contributed by atoms with Gasteiger partial charge in [-0.1, -0.05) is 6.58 Å². The average Bonchev–Trinajstić information content (AvgIpc) is 2.26. The van der Waals surface area contributed by atoms with Crippen LogP contribution < -0.4 is 10.6 Å². The van der Waals surface area contributed by atoms with E-state index in [2.05, 4.69) is 6.58 Å². The number of aryl methyl sites for hydroxylation is 1. The molecule has 4 heteroatoms. The topological polar surface area (TPSA) is 29.3 Å². The molecule has 1 aromatic carbocycles. The molecule has 0 unspecified atom stereocenters. The molecule has 0 saturated heterocycles. The van der Waals surface area contributed by atoms with Gasteiger partial charge in [-0.05, 0) is 30.5 Å². The van der Waals surface area contributed by atoms with Gasteiger partial charge in [0.15, 0.2) is 0 Å². The van der Waals surface area contributed by atoms with Crippen molar-refractivity contribution in [1.29, 1.82) is 0 Å². The van der Waals surface area contributed by atoms with Gasteiger partial charge in [-0.25, -0.2) is 4.39 Å². The summed E-state index contributed by atoms with van der Waals surface area (Å²) in [6.07, 6.45) is 1.81. The molecule has 0 atom stereocenters. The lowest BCUT2D eigenvalue weighted by molar-refractivity contribution is 0.622. The van der Waals surface area contributed by atoms with Crippen molar-refractivity contribution in [3.8, 4) is 0 Å². The molecule has 1 aliphatic heterocycles. The van der Waals surface area contributed by atoms with Crippen molar-refractivity contribution in [2.24, 2.45) is 0 Å². The van der Waals surface area contributed by atoms with E-state index in [1.807, 2.05) is 4.90 Å². The largest absolute Gasteiger partial charge is 0.397 e. The Labute approximate surface area is 99.5 Å². The van der Waals surface area contributed by atoms with Crippen molar-refractivity contribution in [3.63, 3.8) is 0 Å². The fraction of sp³-hybridized carbons (Fsp3) is 0.333. The van der Waals surface area contributed by atoms with Crippen molar-refractivity contribution in [3.05, 3.63) is 35.8 Å². The van der Waals surface area contributed by atoms with E-state index >= 15 is 0 Å². The number of nitrogens with two attached hydrogens (primary N) is 1. The highest BCUT2D eigenvalue weighted by Crippen LogP contribution is 2.35. The van der Waals surface area contributed by atoms with E-state index in [0.29, 0.717) is 11.6 Å². The van der Waals surface area contributed by atoms with Crippen LogP contribution in [0.25, 0.3) is 0 Å². The third kappa shape index (κ3) is 1.87. The van der Waals surface area contributed by atoms with Gasteiger partial charge in [-0.15, -0.1) is 11.6 Å². The summed E-state index contributed by atoms with van der Waals surface area (Å²) in [7, 11) is 0. The third-order valence-electron chi connectivity index (χ3n) is 2.82. The van der Waals surface area contributed by atoms with Gasteiger partial charge in [-0.3, -0.25) is 0 Å². The highest BCUT2D eigenvalue weighted by atomic mass is 35.5. The number of benzene rings is 1. The second-order valence-electron chi connectivity index (χ2n) is 3.96. The number of anilines is 2. The molecule has 0 aliphatic carbocycles. The average molecular weight is 241 g/mol. The number of halogens is 2. The minimum atomic E-state index is -0.283. The molecule has 0 amide bonds. The molecule has 0 radical (unpaired) electrons. The van der Waals surface area contributed by atoms with E-state index in [4.69, 9.17) is 17.3 Å². The Hall–Kier alpha value is -1.22. The molecular formula is C12H14ClFN2. The molecule has 2 nitrogen and oxygen atoms in total. The number of nitrogen functional groups attached to an aromatic ring is 1. The Morgan fingerprint density at radius 1 is 1.56 bits per heavy atom. The number of allylic oxidation sites excluding steroid dienone is 1. The molecule has 1 aromatic rings. The number of fused-ring (bicyclic) bond motifs is 1. The molecule has 1 heterocycles. The SMILES string of the molecule is C=C(CCl)N1CCCc2cc(F)cc(N)c21. The molecule has 1 aliphatic rings. The van der Waals surface area contributed by atoms with Gasteiger partial charge in [0.25, 0.3) is 0 Å². The van der Waals surface area contributed by atoms with Gasteiger partial charge < -0.3 is 10.6 Å². The zero-order valence-electron chi connectivity index (χ0n) is 8.97. The maximum Gasteiger partial charge on any atom is 0.125 e. The standard InChI is InChI=1S/C12H14ClFN2/c1-8(7-13)16-4-2-3-9-5-10(14)6-11(15)12(9)16/h5-6H,1-4,7,15H2. The highest BCUT2D eigenvalue weighted by molar-refractivity contribution is 6.19. The zero-order chi connectivity index (χ0) is 11.7. The lowest BCUT2D eigenvalue weighted by atomic mass is 10.00. The van der Waals surface area contributed by atoms with Crippen LogP contribution >= 0.6 is 11.6 Å². The molecule has 0 bridgehead atoms. The molecule has 16 heavy (non-hydrogen) atoms. The molecule has 2 rings (SSSR count). The number of hydrogen-bond acceptors (Lipinski definition) is 2. The minimum Gasteiger partial charge on any atom is -0.397 e. The zero-order valence-corrected chi connectivity index (χ0v) is 9.73. The van der Waals surface area contributed by atoms with Crippen LogP contribution in [0.4, 0.5) is 15.8 Å². The normalized spacial score (nSPS) is 14.8. The number of hydrogen-bond donors (Lipinski definition) is 1. The number of alkyl halides is 1.